The molecule has 0 aromatic carbocycles. The Labute approximate surface area is 114 Å². The van der Waals surface area contributed by atoms with Gasteiger partial charge in [0.25, 0.3) is 0 Å². The minimum absolute atomic E-state index is 0. The molecule has 0 aliphatic heterocycles. The van der Waals surface area contributed by atoms with Gasteiger partial charge in [0.1, 0.15) is 0 Å². The topological polar surface area (TPSA) is 47.7 Å². The van der Waals surface area contributed by atoms with Gasteiger partial charge in [0.15, 0.2) is 0 Å². The Kier molecular flexibility index (Phi) is 5.37. The molecule has 0 bridgehead atoms. The third kappa shape index (κ3) is 3.58. The fourth-order valence-corrected chi connectivity index (χ4v) is 1.84. The van der Waals surface area contributed by atoms with E-state index in [1.165, 1.54) is 11.3 Å². The fraction of sp³-hybridized carbons (Fsp3) is 0.500. The SMILES string of the molecule is CC(C)n1nccc1CNCc1cnn(C)c1.Cl. The smallest absolute Gasteiger partial charge is 0.0534 e. The van der Waals surface area contributed by atoms with Gasteiger partial charge in [0, 0.05) is 44.1 Å². The average Bonchev–Trinajstić information content (AvgIpc) is 2.87. The molecular formula is C12H20ClN5. The molecule has 0 saturated heterocycles. The summed E-state index contributed by atoms with van der Waals surface area (Å²) in [7, 11) is 1.93. The molecule has 0 amide bonds. The van der Waals surface area contributed by atoms with Crippen LogP contribution >= 0.6 is 12.4 Å². The van der Waals surface area contributed by atoms with Crippen molar-refractivity contribution in [1.82, 2.24) is 24.9 Å². The van der Waals surface area contributed by atoms with Crippen molar-refractivity contribution in [2.75, 3.05) is 0 Å². The first-order chi connectivity index (χ1) is 8.16. The van der Waals surface area contributed by atoms with Gasteiger partial charge in [0.05, 0.1) is 11.9 Å². The molecule has 0 aliphatic rings. The van der Waals surface area contributed by atoms with Crippen LogP contribution in [0.1, 0.15) is 31.1 Å². The number of aromatic nitrogens is 4. The molecule has 100 valence electrons. The molecule has 2 heterocycles. The Hall–Kier alpha value is -1.33. The van der Waals surface area contributed by atoms with E-state index in [4.69, 9.17) is 0 Å². The summed E-state index contributed by atoms with van der Waals surface area (Å²) in [6.07, 6.45) is 5.75. The van der Waals surface area contributed by atoms with E-state index >= 15 is 0 Å². The highest BCUT2D eigenvalue weighted by molar-refractivity contribution is 5.85. The quantitative estimate of drug-likeness (QED) is 0.902. The molecule has 0 saturated carbocycles. The summed E-state index contributed by atoms with van der Waals surface area (Å²) in [5.41, 5.74) is 2.41. The van der Waals surface area contributed by atoms with E-state index in [2.05, 4.69) is 35.4 Å². The molecule has 0 aliphatic carbocycles. The Balaban J connectivity index is 0.00000162. The lowest BCUT2D eigenvalue weighted by atomic mass is 10.3. The molecule has 0 fully saturated rings. The van der Waals surface area contributed by atoms with Crippen molar-refractivity contribution in [2.24, 2.45) is 7.05 Å². The van der Waals surface area contributed by atoms with Crippen molar-refractivity contribution >= 4 is 12.4 Å². The number of hydrogen-bond donors (Lipinski definition) is 1. The molecule has 0 unspecified atom stereocenters. The first kappa shape index (κ1) is 14.7. The van der Waals surface area contributed by atoms with Crippen LogP contribution in [-0.2, 0) is 20.1 Å². The number of nitrogens with one attached hydrogen (secondary N) is 1. The van der Waals surface area contributed by atoms with Crippen molar-refractivity contribution in [3.63, 3.8) is 0 Å². The van der Waals surface area contributed by atoms with E-state index in [1.807, 2.05) is 35.0 Å². The van der Waals surface area contributed by atoms with Crippen molar-refractivity contribution in [3.8, 4) is 0 Å². The van der Waals surface area contributed by atoms with Gasteiger partial charge in [-0.1, -0.05) is 0 Å². The third-order valence-corrected chi connectivity index (χ3v) is 2.63. The van der Waals surface area contributed by atoms with Gasteiger partial charge in [-0.05, 0) is 19.9 Å². The highest BCUT2D eigenvalue weighted by Crippen LogP contribution is 2.07. The van der Waals surface area contributed by atoms with Gasteiger partial charge in [-0.3, -0.25) is 9.36 Å². The number of halogens is 1. The van der Waals surface area contributed by atoms with E-state index in [1.54, 1.807) is 0 Å². The molecule has 6 heteroatoms. The maximum atomic E-state index is 4.31. The van der Waals surface area contributed by atoms with Crippen LogP contribution in [0.2, 0.25) is 0 Å². The molecule has 2 aromatic rings. The van der Waals surface area contributed by atoms with Gasteiger partial charge >= 0.3 is 0 Å². The van der Waals surface area contributed by atoms with E-state index in [9.17, 15) is 0 Å². The molecule has 1 N–H and O–H groups in total. The van der Waals surface area contributed by atoms with Crippen LogP contribution in [0.5, 0.6) is 0 Å². The lowest BCUT2D eigenvalue weighted by Gasteiger charge is -2.11. The Morgan fingerprint density at radius 3 is 2.67 bits per heavy atom. The molecular weight excluding hydrogens is 250 g/mol. The van der Waals surface area contributed by atoms with Gasteiger partial charge in [0.2, 0.25) is 0 Å². The van der Waals surface area contributed by atoms with Crippen LogP contribution in [0.25, 0.3) is 0 Å². The second-order valence-corrected chi connectivity index (χ2v) is 4.49. The number of aryl methyl sites for hydroxylation is 1. The van der Waals surface area contributed by atoms with Crippen molar-refractivity contribution in [3.05, 3.63) is 35.9 Å². The summed E-state index contributed by atoms with van der Waals surface area (Å²) in [6.45, 7) is 5.93. The van der Waals surface area contributed by atoms with Crippen LogP contribution in [0, 0.1) is 0 Å². The minimum atomic E-state index is 0. The number of nitrogens with zero attached hydrogens (tertiary/aromatic N) is 4. The summed E-state index contributed by atoms with van der Waals surface area (Å²) in [6, 6.07) is 2.45. The van der Waals surface area contributed by atoms with E-state index < -0.39 is 0 Å². The minimum Gasteiger partial charge on any atom is -0.307 e. The molecule has 0 atom stereocenters. The zero-order chi connectivity index (χ0) is 12.3. The van der Waals surface area contributed by atoms with Gasteiger partial charge in [-0.2, -0.15) is 10.2 Å². The van der Waals surface area contributed by atoms with Gasteiger partial charge < -0.3 is 5.32 Å². The lowest BCUT2D eigenvalue weighted by Crippen LogP contribution is -2.17. The molecule has 2 aromatic heterocycles. The maximum Gasteiger partial charge on any atom is 0.0534 e. The van der Waals surface area contributed by atoms with E-state index in [-0.39, 0.29) is 12.4 Å². The van der Waals surface area contributed by atoms with Gasteiger partial charge in [-0.15, -0.1) is 12.4 Å². The standard InChI is InChI=1S/C12H19N5.ClH/c1-10(2)17-12(4-5-14-17)8-13-6-11-7-15-16(3)9-11;/h4-5,7,9-10,13H,6,8H2,1-3H3;1H. The summed E-state index contributed by atoms with van der Waals surface area (Å²) >= 11 is 0. The number of hydrogen-bond acceptors (Lipinski definition) is 3. The number of rotatable bonds is 5. The average molecular weight is 270 g/mol. The highest BCUT2D eigenvalue weighted by Gasteiger charge is 2.05. The Morgan fingerprint density at radius 2 is 2.06 bits per heavy atom. The van der Waals surface area contributed by atoms with Crippen molar-refractivity contribution in [1.29, 1.82) is 0 Å². The highest BCUT2D eigenvalue weighted by atomic mass is 35.5. The summed E-state index contributed by atoms with van der Waals surface area (Å²) in [4.78, 5) is 0. The van der Waals surface area contributed by atoms with E-state index in [0.29, 0.717) is 6.04 Å². The monoisotopic (exact) mass is 269 g/mol. The van der Waals surface area contributed by atoms with Gasteiger partial charge in [-0.25, -0.2) is 0 Å². The second-order valence-electron chi connectivity index (χ2n) is 4.49. The normalized spacial score (nSPS) is 10.7. The van der Waals surface area contributed by atoms with Crippen LogP contribution in [0.3, 0.4) is 0 Å². The molecule has 0 radical (unpaired) electrons. The summed E-state index contributed by atoms with van der Waals surface area (Å²) in [5, 5.41) is 11.8. The summed E-state index contributed by atoms with van der Waals surface area (Å²) < 4.78 is 3.85. The van der Waals surface area contributed by atoms with Crippen LogP contribution in [-0.4, -0.2) is 19.6 Å². The van der Waals surface area contributed by atoms with Crippen LogP contribution in [0.15, 0.2) is 24.7 Å². The lowest BCUT2D eigenvalue weighted by molar-refractivity contribution is 0.495. The third-order valence-electron chi connectivity index (χ3n) is 2.63. The molecule has 18 heavy (non-hydrogen) atoms. The van der Waals surface area contributed by atoms with Crippen molar-refractivity contribution in [2.45, 2.75) is 33.0 Å². The van der Waals surface area contributed by atoms with Crippen LogP contribution < -0.4 is 5.32 Å². The zero-order valence-corrected chi connectivity index (χ0v) is 11.8. The van der Waals surface area contributed by atoms with Crippen LogP contribution in [0.4, 0.5) is 0 Å². The maximum absolute atomic E-state index is 4.31. The Bertz CT molecular complexity index is 474. The predicted octanol–water partition coefficient (Wildman–Crippen LogP) is 1.91. The van der Waals surface area contributed by atoms with E-state index in [0.717, 1.165) is 13.1 Å². The Morgan fingerprint density at radius 1 is 1.28 bits per heavy atom. The fourth-order valence-electron chi connectivity index (χ4n) is 1.84. The predicted molar refractivity (Wildman–Crippen MR) is 73.6 cm³/mol. The zero-order valence-electron chi connectivity index (χ0n) is 11.0. The second kappa shape index (κ2) is 6.56. The largest absolute Gasteiger partial charge is 0.307 e. The molecule has 2 rings (SSSR count). The first-order valence-electron chi connectivity index (χ1n) is 5.87. The molecule has 0 spiro atoms. The molecule has 5 nitrogen and oxygen atoms in total. The first-order valence-corrected chi connectivity index (χ1v) is 5.87. The van der Waals surface area contributed by atoms with Crippen molar-refractivity contribution < 1.29 is 0 Å². The summed E-state index contributed by atoms with van der Waals surface area (Å²) in [5.74, 6) is 0.